The standard InChI is InChI=1S/C21H14ClFN2/c22-17-5-1-15(2-6-17)20-13-19(14-9-11-24-12-10-14)21(25-20)16-3-7-18(23)8-4-16/h1-13,25H. The lowest BCUT2D eigenvalue weighted by Gasteiger charge is -2.04. The first kappa shape index (κ1) is 15.6. The van der Waals surface area contributed by atoms with Crippen LogP contribution < -0.4 is 0 Å². The number of aromatic amines is 1. The molecule has 0 saturated carbocycles. The van der Waals surface area contributed by atoms with Crippen LogP contribution in [0.2, 0.25) is 5.02 Å². The van der Waals surface area contributed by atoms with Crippen molar-refractivity contribution in [2.45, 2.75) is 0 Å². The number of nitrogens with one attached hydrogen (secondary N) is 1. The molecule has 2 aromatic heterocycles. The molecule has 0 aliphatic heterocycles. The lowest BCUT2D eigenvalue weighted by atomic mass is 10.0. The molecule has 0 fully saturated rings. The van der Waals surface area contributed by atoms with Crippen LogP contribution in [0.4, 0.5) is 4.39 Å². The molecule has 2 nitrogen and oxygen atoms in total. The Labute approximate surface area is 150 Å². The van der Waals surface area contributed by atoms with Crippen molar-refractivity contribution in [3.63, 3.8) is 0 Å². The molecule has 0 saturated heterocycles. The molecule has 0 bridgehead atoms. The van der Waals surface area contributed by atoms with E-state index in [9.17, 15) is 4.39 Å². The molecule has 4 aromatic rings. The number of H-pyrrole nitrogens is 1. The Morgan fingerprint density at radius 1 is 0.760 bits per heavy atom. The van der Waals surface area contributed by atoms with Crippen molar-refractivity contribution >= 4 is 11.6 Å². The fraction of sp³-hybridized carbons (Fsp3) is 0. The van der Waals surface area contributed by atoms with Crippen molar-refractivity contribution in [1.29, 1.82) is 0 Å². The average molecular weight is 349 g/mol. The third kappa shape index (κ3) is 3.19. The number of benzene rings is 2. The van der Waals surface area contributed by atoms with Gasteiger partial charge in [0.2, 0.25) is 0 Å². The van der Waals surface area contributed by atoms with Gasteiger partial charge in [-0.2, -0.15) is 0 Å². The number of nitrogens with zero attached hydrogens (tertiary/aromatic N) is 1. The van der Waals surface area contributed by atoms with Crippen molar-refractivity contribution in [2.75, 3.05) is 0 Å². The van der Waals surface area contributed by atoms with Crippen LogP contribution in [0.25, 0.3) is 33.6 Å². The Morgan fingerprint density at radius 3 is 2.08 bits per heavy atom. The summed E-state index contributed by atoms with van der Waals surface area (Å²) in [7, 11) is 0. The maximum atomic E-state index is 13.3. The smallest absolute Gasteiger partial charge is 0.123 e. The van der Waals surface area contributed by atoms with Crippen LogP contribution in [0, 0.1) is 5.82 Å². The SMILES string of the molecule is Fc1ccc(-c2[nH]c(-c3ccc(Cl)cc3)cc2-c2ccncc2)cc1. The maximum absolute atomic E-state index is 13.3. The molecule has 0 amide bonds. The average Bonchev–Trinajstić information content (AvgIpc) is 3.09. The lowest BCUT2D eigenvalue weighted by Crippen LogP contribution is -1.84. The van der Waals surface area contributed by atoms with Crippen molar-refractivity contribution in [3.05, 3.63) is 90.0 Å². The summed E-state index contributed by atoms with van der Waals surface area (Å²) in [6.45, 7) is 0. The topological polar surface area (TPSA) is 28.7 Å². The second kappa shape index (κ2) is 6.54. The molecule has 4 heteroatoms. The van der Waals surface area contributed by atoms with Gasteiger partial charge in [-0.3, -0.25) is 4.98 Å². The minimum absolute atomic E-state index is 0.251. The van der Waals surface area contributed by atoms with Crippen molar-refractivity contribution < 1.29 is 4.39 Å². The van der Waals surface area contributed by atoms with E-state index >= 15 is 0 Å². The summed E-state index contributed by atoms with van der Waals surface area (Å²) < 4.78 is 13.3. The highest BCUT2D eigenvalue weighted by molar-refractivity contribution is 6.30. The minimum atomic E-state index is -0.251. The van der Waals surface area contributed by atoms with Gasteiger partial charge in [-0.1, -0.05) is 23.7 Å². The van der Waals surface area contributed by atoms with Crippen molar-refractivity contribution in [3.8, 4) is 33.6 Å². The predicted molar refractivity (Wildman–Crippen MR) is 99.9 cm³/mol. The molecule has 1 N–H and O–H groups in total. The number of pyridine rings is 1. The quantitative estimate of drug-likeness (QED) is 0.469. The maximum Gasteiger partial charge on any atom is 0.123 e. The molecular formula is C21H14ClFN2. The summed E-state index contributed by atoms with van der Waals surface area (Å²) >= 11 is 5.99. The second-order valence-corrected chi connectivity index (χ2v) is 6.16. The fourth-order valence-corrected chi connectivity index (χ4v) is 2.97. The molecule has 122 valence electrons. The summed E-state index contributed by atoms with van der Waals surface area (Å²) in [4.78, 5) is 7.55. The first-order valence-corrected chi connectivity index (χ1v) is 8.24. The largest absolute Gasteiger partial charge is 0.354 e. The summed E-state index contributed by atoms with van der Waals surface area (Å²) in [6.07, 6.45) is 3.53. The van der Waals surface area contributed by atoms with Gasteiger partial charge >= 0.3 is 0 Å². The summed E-state index contributed by atoms with van der Waals surface area (Å²) in [5.41, 5.74) is 5.96. The zero-order chi connectivity index (χ0) is 17.2. The normalized spacial score (nSPS) is 10.8. The molecule has 2 aromatic carbocycles. The molecule has 0 unspecified atom stereocenters. The summed E-state index contributed by atoms with van der Waals surface area (Å²) in [5.74, 6) is -0.251. The third-order valence-corrected chi connectivity index (χ3v) is 4.35. The van der Waals surface area contributed by atoms with Gasteiger partial charge in [0.1, 0.15) is 5.82 Å². The van der Waals surface area contributed by atoms with E-state index in [-0.39, 0.29) is 5.82 Å². The van der Waals surface area contributed by atoms with E-state index in [0.717, 1.165) is 33.6 Å². The molecule has 2 heterocycles. The number of hydrogen-bond donors (Lipinski definition) is 1. The van der Waals surface area contributed by atoms with Gasteiger partial charge in [-0.05, 0) is 71.3 Å². The van der Waals surface area contributed by atoms with Crippen LogP contribution in [0.15, 0.2) is 79.1 Å². The fourth-order valence-electron chi connectivity index (χ4n) is 2.84. The van der Waals surface area contributed by atoms with Gasteiger partial charge in [0.15, 0.2) is 0 Å². The first-order chi connectivity index (χ1) is 12.2. The number of hydrogen-bond acceptors (Lipinski definition) is 1. The van der Waals surface area contributed by atoms with Gasteiger partial charge in [-0.15, -0.1) is 0 Å². The van der Waals surface area contributed by atoms with Gasteiger partial charge in [0.05, 0.1) is 5.69 Å². The molecule has 0 aliphatic carbocycles. The lowest BCUT2D eigenvalue weighted by molar-refractivity contribution is 0.628. The molecule has 4 rings (SSSR count). The first-order valence-electron chi connectivity index (χ1n) is 7.86. The monoisotopic (exact) mass is 348 g/mol. The second-order valence-electron chi connectivity index (χ2n) is 5.72. The molecule has 0 radical (unpaired) electrons. The highest BCUT2D eigenvalue weighted by Crippen LogP contribution is 2.36. The van der Waals surface area contributed by atoms with E-state index in [1.807, 2.05) is 36.4 Å². The van der Waals surface area contributed by atoms with Crippen LogP contribution in [0.5, 0.6) is 0 Å². The van der Waals surface area contributed by atoms with E-state index in [4.69, 9.17) is 11.6 Å². The Hall–Kier alpha value is -2.91. The van der Waals surface area contributed by atoms with Crippen LogP contribution >= 0.6 is 11.6 Å². The van der Waals surface area contributed by atoms with Gasteiger partial charge < -0.3 is 4.98 Å². The Bertz CT molecular complexity index is 991. The zero-order valence-electron chi connectivity index (χ0n) is 13.2. The van der Waals surface area contributed by atoms with E-state index in [0.29, 0.717) is 5.02 Å². The predicted octanol–water partition coefficient (Wildman–Crippen LogP) is 6.20. The number of halogens is 2. The highest BCUT2D eigenvalue weighted by Gasteiger charge is 2.13. The van der Waals surface area contributed by atoms with Gasteiger partial charge in [0.25, 0.3) is 0 Å². The Kier molecular flexibility index (Phi) is 4.08. The van der Waals surface area contributed by atoms with Crippen molar-refractivity contribution in [2.24, 2.45) is 0 Å². The number of aromatic nitrogens is 2. The summed E-state index contributed by atoms with van der Waals surface area (Å²) in [6, 6.07) is 20.2. The van der Waals surface area contributed by atoms with E-state index in [2.05, 4.69) is 16.0 Å². The molecule has 0 aliphatic rings. The molecule has 0 atom stereocenters. The molecule has 25 heavy (non-hydrogen) atoms. The zero-order valence-corrected chi connectivity index (χ0v) is 14.0. The Morgan fingerprint density at radius 2 is 1.40 bits per heavy atom. The minimum Gasteiger partial charge on any atom is -0.354 e. The van der Waals surface area contributed by atoms with Crippen LogP contribution in [0.3, 0.4) is 0 Å². The van der Waals surface area contributed by atoms with Crippen molar-refractivity contribution in [1.82, 2.24) is 9.97 Å². The Balaban J connectivity index is 1.89. The summed E-state index contributed by atoms with van der Waals surface area (Å²) in [5, 5.41) is 0.698. The van der Waals surface area contributed by atoms with Crippen LogP contribution in [-0.2, 0) is 0 Å². The third-order valence-electron chi connectivity index (χ3n) is 4.10. The number of rotatable bonds is 3. The van der Waals surface area contributed by atoms with E-state index in [1.54, 1.807) is 24.5 Å². The van der Waals surface area contributed by atoms with Crippen LogP contribution in [-0.4, -0.2) is 9.97 Å². The molecular weight excluding hydrogens is 335 g/mol. The van der Waals surface area contributed by atoms with E-state index in [1.165, 1.54) is 12.1 Å². The highest BCUT2D eigenvalue weighted by atomic mass is 35.5. The van der Waals surface area contributed by atoms with Gasteiger partial charge in [-0.25, -0.2) is 4.39 Å². The van der Waals surface area contributed by atoms with Gasteiger partial charge in [0, 0.05) is 28.7 Å². The van der Waals surface area contributed by atoms with Crippen LogP contribution in [0.1, 0.15) is 0 Å². The molecule has 0 spiro atoms. The van der Waals surface area contributed by atoms with E-state index < -0.39 is 0 Å².